The number of alkyl halides is 3. The number of esters is 1. The Morgan fingerprint density at radius 3 is 2.59 bits per heavy atom. The number of carbonyl (C=O) groups excluding carboxylic acids is 2. The number of hydrogen-bond donors (Lipinski definition) is 1. The molecule has 0 aromatic carbocycles. The molecule has 1 saturated heterocycles. The highest BCUT2D eigenvalue weighted by Crippen LogP contribution is 2.18. The second-order valence-electron chi connectivity index (χ2n) is 5.11. The van der Waals surface area contributed by atoms with Gasteiger partial charge in [-0.3, -0.25) is 9.59 Å². The molecule has 0 spiro atoms. The summed E-state index contributed by atoms with van der Waals surface area (Å²) in [7, 11) is 0. The van der Waals surface area contributed by atoms with Crippen molar-refractivity contribution < 1.29 is 37.0 Å². The largest absolute Gasteiger partial charge is 0.462 e. The highest BCUT2D eigenvalue weighted by molar-refractivity contribution is 5.85. The lowest BCUT2D eigenvalue weighted by Crippen LogP contribution is -2.42. The van der Waals surface area contributed by atoms with Crippen LogP contribution in [0.3, 0.4) is 0 Å². The van der Waals surface area contributed by atoms with Crippen molar-refractivity contribution in [2.24, 2.45) is 5.92 Å². The van der Waals surface area contributed by atoms with Crippen molar-refractivity contribution in [1.29, 1.82) is 0 Å². The van der Waals surface area contributed by atoms with E-state index in [0.29, 0.717) is 18.9 Å². The Kier molecular flexibility index (Phi) is 7.60. The summed E-state index contributed by atoms with van der Waals surface area (Å²) in [5.41, 5.74) is 0. The van der Waals surface area contributed by atoms with E-state index in [9.17, 15) is 22.8 Å². The Morgan fingerprint density at radius 2 is 2.00 bits per heavy atom. The molecular weight excluding hydrogens is 307 g/mol. The van der Waals surface area contributed by atoms with Gasteiger partial charge in [-0.05, 0) is 18.8 Å². The summed E-state index contributed by atoms with van der Waals surface area (Å²) in [5.74, 6) is -0.726. The van der Waals surface area contributed by atoms with E-state index in [-0.39, 0.29) is 19.8 Å². The van der Waals surface area contributed by atoms with Crippen molar-refractivity contribution in [2.75, 3.05) is 33.0 Å². The second kappa shape index (κ2) is 8.94. The molecule has 0 radical (unpaired) electrons. The van der Waals surface area contributed by atoms with Crippen LogP contribution in [0.2, 0.25) is 0 Å². The lowest BCUT2D eigenvalue weighted by atomic mass is 10.00. The smallest absolute Gasteiger partial charge is 0.411 e. The maximum absolute atomic E-state index is 11.8. The summed E-state index contributed by atoms with van der Waals surface area (Å²) >= 11 is 0. The van der Waals surface area contributed by atoms with Gasteiger partial charge in [0.25, 0.3) is 0 Å². The van der Waals surface area contributed by atoms with Crippen LogP contribution in [0, 0.1) is 5.92 Å². The zero-order valence-electron chi connectivity index (χ0n) is 12.3. The van der Waals surface area contributed by atoms with Crippen LogP contribution in [0.25, 0.3) is 0 Å². The number of hydrogen-bond acceptors (Lipinski definition) is 5. The van der Waals surface area contributed by atoms with Crippen LogP contribution in [0.15, 0.2) is 0 Å². The molecule has 1 heterocycles. The van der Waals surface area contributed by atoms with Gasteiger partial charge in [0.05, 0.1) is 13.2 Å². The Balaban J connectivity index is 2.06. The third-order valence-electron chi connectivity index (χ3n) is 2.96. The standard InChI is InChI=1S/C13H20F3NO5/c1-9-2-3-10(22-7-9)12(19)17-6-11(18)21-5-4-20-8-13(14,15)16/h9-10H,2-8H2,1H3,(H,17,19)/t9-,10+/m1/s1. The Morgan fingerprint density at radius 1 is 1.27 bits per heavy atom. The third kappa shape index (κ3) is 8.18. The molecule has 22 heavy (non-hydrogen) atoms. The van der Waals surface area contributed by atoms with Gasteiger partial charge in [0.15, 0.2) is 0 Å². The highest BCUT2D eigenvalue weighted by Gasteiger charge is 2.27. The molecule has 1 fully saturated rings. The van der Waals surface area contributed by atoms with Gasteiger partial charge >= 0.3 is 12.1 Å². The van der Waals surface area contributed by atoms with Crippen molar-refractivity contribution in [3.8, 4) is 0 Å². The predicted molar refractivity (Wildman–Crippen MR) is 69.0 cm³/mol. The minimum absolute atomic E-state index is 0.303. The molecule has 2 atom stereocenters. The van der Waals surface area contributed by atoms with Crippen molar-refractivity contribution in [3.63, 3.8) is 0 Å². The Hall–Kier alpha value is -1.35. The number of amides is 1. The molecule has 128 valence electrons. The summed E-state index contributed by atoms with van der Waals surface area (Å²) in [5, 5.41) is 2.37. The first-order chi connectivity index (χ1) is 10.3. The molecule has 1 rings (SSSR count). The molecule has 1 aliphatic heterocycles. The van der Waals surface area contributed by atoms with E-state index >= 15 is 0 Å². The summed E-state index contributed by atoms with van der Waals surface area (Å²) in [6, 6.07) is 0. The molecule has 1 aliphatic rings. The Labute approximate surface area is 126 Å². The second-order valence-corrected chi connectivity index (χ2v) is 5.11. The van der Waals surface area contributed by atoms with Gasteiger partial charge in [0, 0.05) is 0 Å². The maximum atomic E-state index is 11.8. The van der Waals surface area contributed by atoms with Crippen LogP contribution in [0.5, 0.6) is 0 Å². The quantitative estimate of drug-likeness (QED) is 0.559. The van der Waals surface area contributed by atoms with Crippen LogP contribution in [-0.4, -0.2) is 57.1 Å². The molecule has 0 aromatic rings. The minimum atomic E-state index is -4.41. The molecular formula is C13H20F3NO5. The van der Waals surface area contributed by atoms with Crippen LogP contribution in [-0.2, 0) is 23.8 Å². The van der Waals surface area contributed by atoms with Gasteiger partial charge in [-0.1, -0.05) is 6.92 Å². The monoisotopic (exact) mass is 327 g/mol. The van der Waals surface area contributed by atoms with Crippen molar-refractivity contribution in [3.05, 3.63) is 0 Å². The van der Waals surface area contributed by atoms with Crippen LogP contribution in [0.4, 0.5) is 13.2 Å². The van der Waals surface area contributed by atoms with E-state index in [4.69, 9.17) is 4.74 Å². The van der Waals surface area contributed by atoms with E-state index in [1.54, 1.807) is 0 Å². The molecule has 0 unspecified atom stereocenters. The van der Waals surface area contributed by atoms with Gasteiger partial charge in [-0.25, -0.2) is 0 Å². The van der Waals surface area contributed by atoms with Gasteiger partial charge in [0.1, 0.15) is 25.9 Å². The number of nitrogens with one attached hydrogen (secondary N) is 1. The maximum Gasteiger partial charge on any atom is 0.411 e. The van der Waals surface area contributed by atoms with Crippen LogP contribution in [0.1, 0.15) is 19.8 Å². The molecule has 1 N–H and O–H groups in total. The number of ether oxygens (including phenoxy) is 3. The van der Waals surface area contributed by atoms with E-state index in [1.807, 2.05) is 6.92 Å². The SMILES string of the molecule is C[C@@H]1CC[C@@H](C(=O)NCC(=O)OCCOCC(F)(F)F)OC1. The minimum Gasteiger partial charge on any atom is -0.462 e. The average molecular weight is 327 g/mol. The molecule has 0 bridgehead atoms. The molecule has 0 saturated carbocycles. The van der Waals surface area contributed by atoms with Crippen molar-refractivity contribution in [1.82, 2.24) is 5.32 Å². The fourth-order valence-electron chi connectivity index (χ4n) is 1.82. The van der Waals surface area contributed by atoms with Gasteiger partial charge < -0.3 is 19.5 Å². The lowest BCUT2D eigenvalue weighted by molar-refractivity contribution is -0.177. The van der Waals surface area contributed by atoms with Crippen LogP contribution >= 0.6 is 0 Å². The first-order valence-electron chi connectivity index (χ1n) is 6.97. The fourth-order valence-corrected chi connectivity index (χ4v) is 1.82. The van der Waals surface area contributed by atoms with Crippen molar-refractivity contribution >= 4 is 11.9 Å². The average Bonchev–Trinajstić information content (AvgIpc) is 2.44. The normalized spacial score (nSPS) is 22.2. The summed E-state index contributed by atoms with van der Waals surface area (Å²) in [6.45, 7) is 0.114. The molecule has 1 amide bonds. The van der Waals surface area contributed by atoms with Gasteiger partial charge in [-0.2, -0.15) is 13.2 Å². The van der Waals surface area contributed by atoms with E-state index in [2.05, 4.69) is 14.8 Å². The summed E-state index contributed by atoms with van der Waals surface area (Å²) in [4.78, 5) is 23.0. The zero-order valence-corrected chi connectivity index (χ0v) is 12.3. The van der Waals surface area contributed by atoms with E-state index < -0.39 is 30.8 Å². The predicted octanol–water partition coefficient (Wildman–Crippen LogP) is 1.04. The fraction of sp³-hybridized carbons (Fsp3) is 0.846. The van der Waals surface area contributed by atoms with Gasteiger partial charge in [0.2, 0.25) is 5.91 Å². The first-order valence-corrected chi connectivity index (χ1v) is 6.97. The molecule has 6 nitrogen and oxygen atoms in total. The number of carbonyl (C=O) groups is 2. The van der Waals surface area contributed by atoms with E-state index in [1.165, 1.54) is 0 Å². The topological polar surface area (TPSA) is 73.9 Å². The van der Waals surface area contributed by atoms with E-state index in [0.717, 1.165) is 6.42 Å². The first kappa shape index (κ1) is 18.7. The Bertz CT molecular complexity index is 367. The zero-order chi connectivity index (χ0) is 16.6. The number of rotatable bonds is 7. The lowest BCUT2D eigenvalue weighted by Gasteiger charge is -2.25. The molecule has 0 aromatic heterocycles. The molecule has 9 heteroatoms. The third-order valence-corrected chi connectivity index (χ3v) is 2.96. The number of halogens is 3. The highest BCUT2D eigenvalue weighted by atomic mass is 19.4. The van der Waals surface area contributed by atoms with Crippen LogP contribution < -0.4 is 5.32 Å². The van der Waals surface area contributed by atoms with Crippen molar-refractivity contribution in [2.45, 2.75) is 32.0 Å². The summed E-state index contributed by atoms with van der Waals surface area (Å²) in [6.07, 6.45) is -3.51. The summed E-state index contributed by atoms with van der Waals surface area (Å²) < 4.78 is 49.5. The van der Waals surface area contributed by atoms with Gasteiger partial charge in [-0.15, -0.1) is 0 Å². The molecule has 0 aliphatic carbocycles.